The van der Waals surface area contributed by atoms with Gasteiger partial charge in [0.15, 0.2) is 0 Å². The number of halogens is 1. The molecule has 1 amide bonds. The van der Waals surface area contributed by atoms with E-state index >= 15 is 0 Å². The largest absolute Gasteiger partial charge is 0.340 e. The minimum atomic E-state index is -0.110. The highest BCUT2D eigenvalue weighted by atomic mass is 35.5. The van der Waals surface area contributed by atoms with Crippen LogP contribution in [0.4, 0.5) is 0 Å². The van der Waals surface area contributed by atoms with Crippen LogP contribution in [0, 0.1) is 0 Å². The molecule has 5 rings (SSSR count). The number of rotatable bonds is 3. The Kier molecular flexibility index (Phi) is 5.91. The molecule has 0 bridgehead atoms. The van der Waals surface area contributed by atoms with Gasteiger partial charge in [0, 0.05) is 63.9 Å². The van der Waals surface area contributed by atoms with Crippen LogP contribution in [0.15, 0.2) is 61.1 Å². The van der Waals surface area contributed by atoms with Crippen molar-refractivity contribution in [1.29, 1.82) is 0 Å². The number of aryl methyl sites for hydroxylation is 2. The van der Waals surface area contributed by atoms with Gasteiger partial charge in [-0.25, -0.2) is 0 Å². The van der Waals surface area contributed by atoms with E-state index in [1.807, 2.05) is 29.2 Å². The second-order valence-corrected chi connectivity index (χ2v) is 9.13. The number of aromatic nitrogens is 2. The minimum Gasteiger partial charge on any atom is -0.340 e. The quantitative estimate of drug-likeness (QED) is 0.457. The Hall–Kier alpha value is -3.16. The molecule has 33 heavy (non-hydrogen) atoms. The summed E-state index contributed by atoms with van der Waals surface area (Å²) in [5, 5.41) is 21.1. The first kappa shape index (κ1) is 21.7. The molecule has 1 saturated heterocycles. The van der Waals surface area contributed by atoms with E-state index in [0.717, 1.165) is 45.0 Å². The van der Waals surface area contributed by atoms with Gasteiger partial charge < -0.3 is 4.90 Å². The molecule has 2 aromatic heterocycles. The van der Waals surface area contributed by atoms with E-state index in [2.05, 4.69) is 17.0 Å². The lowest BCUT2D eigenvalue weighted by Gasteiger charge is -2.38. The number of pyridine rings is 2. The maximum absolute atomic E-state index is 12.9. The Labute approximate surface area is 197 Å². The monoisotopic (exact) mass is 466 g/mol. The average molecular weight is 467 g/mol. The van der Waals surface area contributed by atoms with Crippen LogP contribution in [0.5, 0.6) is 0 Å². The zero-order valence-corrected chi connectivity index (χ0v) is 19.0. The summed E-state index contributed by atoms with van der Waals surface area (Å²) >= 11 is 6.31. The normalized spacial score (nSPS) is 18.3. The zero-order valence-electron chi connectivity index (χ0n) is 18.3. The number of carbonyl (C=O) groups excluding carboxylic acids is 1. The van der Waals surface area contributed by atoms with E-state index in [-0.39, 0.29) is 18.4 Å². The molecule has 8 heteroatoms. The van der Waals surface area contributed by atoms with Crippen LogP contribution in [0.3, 0.4) is 0 Å². The molecule has 2 aliphatic rings. The Morgan fingerprint density at radius 3 is 2.55 bits per heavy atom. The van der Waals surface area contributed by atoms with Crippen LogP contribution in [0.2, 0.25) is 5.02 Å². The Morgan fingerprint density at radius 2 is 1.76 bits per heavy atom. The number of carbonyl (C=O) groups is 1. The van der Waals surface area contributed by atoms with Crippen molar-refractivity contribution in [1.82, 2.24) is 9.80 Å². The van der Waals surface area contributed by atoms with Gasteiger partial charge in [-0.1, -0.05) is 17.7 Å². The third-order valence-corrected chi connectivity index (χ3v) is 6.89. The standard InChI is InChI=1S/C25H27ClN4O3/c26-21-7-8-22-20(16-21)6-5-19-4-2-10-30(33)24(19)25(22)28-13-11-27(12-14-28)23(31)15-18-3-1-9-29(32)17-18/h1-4,7-10,16-17,25,32-33H,5-6,11-15H2/q+2. The second kappa shape index (κ2) is 9.00. The molecule has 7 nitrogen and oxygen atoms in total. The van der Waals surface area contributed by atoms with Crippen LogP contribution in [0.25, 0.3) is 0 Å². The number of piperazine rings is 1. The van der Waals surface area contributed by atoms with Crippen molar-refractivity contribution in [3.05, 3.63) is 94.0 Å². The molecule has 2 N–H and O–H groups in total. The summed E-state index contributed by atoms with van der Waals surface area (Å²) in [6.07, 6.45) is 6.71. The van der Waals surface area contributed by atoms with Gasteiger partial charge in [-0.3, -0.25) is 20.1 Å². The lowest BCUT2D eigenvalue weighted by molar-refractivity contribution is -0.911. The van der Waals surface area contributed by atoms with Gasteiger partial charge in [-0.2, -0.15) is 0 Å². The van der Waals surface area contributed by atoms with Crippen LogP contribution in [-0.2, 0) is 24.1 Å². The van der Waals surface area contributed by atoms with Crippen LogP contribution >= 0.6 is 11.6 Å². The van der Waals surface area contributed by atoms with Gasteiger partial charge in [0.2, 0.25) is 24.5 Å². The molecule has 1 unspecified atom stereocenters. The van der Waals surface area contributed by atoms with E-state index in [1.165, 1.54) is 16.5 Å². The summed E-state index contributed by atoms with van der Waals surface area (Å²) in [6, 6.07) is 13.4. The van der Waals surface area contributed by atoms with E-state index < -0.39 is 0 Å². The lowest BCUT2D eigenvalue weighted by atomic mass is 9.96. The van der Waals surface area contributed by atoms with Crippen molar-refractivity contribution in [3.8, 4) is 0 Å². The second-order valence-electron chi connectivity index (χ2n) is 8.69. The highest BCUT2D eigenvalue weighted by molar-refractivity contribution is 6.30. The number of amides is 1. The van der Waals surface area contributed by atoms with Crippen LogP contribution in [-0.4, -0.2) is 52.3 Å². The number of hydrogen-bond acceptors (Lipinski definition) is 4. The fourth-order valence-corrected chi connectivity index (χ4v) is 5.24. The first-order valence-electron chi connectivity index (χ1n) is 11.2. The van der Waals surface area contributed by atoms with Crippen molar-refractivity contribution >= 4 is 17.5 Å². The van der Waals surface area contributed by atoms with Crippen molar-refractivity contribution in [2.24, 2.45) is 0 Å². The Morgan fingerprint density at radius 1 is 1.00 bits per heavy atom. The SMILES string of the molecule is O=C(Cc1ccc[n+](O)c1)N1CCN(C2c3ccc(Cl)cc3CCc3ccc[n+](O)c32)CC1. The van der Waals surface area contributed by atoms with Crippen LogP contribution in [0.1, 0.15) is 34.0 Å². The van der Waals surface area contributed by atoms with Gasteiger partial charge in [-0.15, -0.1) is 0 Å². The molecule has 3 heterocycles. The van der Waals surface area contributed by atoms with Crippen molar-refractivity contribution in [2.75, 3.05) is 26.2 Å². The Balaban J connectivity index is 1.38. The van der Waals surface area contributed by atoms with E-state index in [1.54, 1.807) is 18.5 Å². The summed E-state index contributed by atoms with van der Waals surface area (Å²) < 4.78 is 2.22. The predicted molar refractivity (Wildman–Crippen MR) is 120 cm³/mol. The molecule has 0 radical (unpaired) electrons. The molecule has 170 valence electrons. The van der Waals surface area contributed by atoms with E-state index in [4.69, 9.17) is 11.6 Å². The fraction of sp³-hybridized carbons (Fsp3) is 0.320. The third kappa shape index (κ3) is 4.38. The van der Waals surface area contributed by atoms with Gasteiger partial charge >= 0.3 is 0 Å². The highest BCUT2D eigenvalue weighted by Gasteiger charge is 2.38. The molecule has 1 aromatic carbocycles. The Bertz CT molecular complexity index is 1190. The van der Waals surface area contributed by atoms with E-state index in [9.17, 15) is 15.2 Å². The lowest BCUT2D eigenvalue weighted by Crippen LogP contribution is -2.52. The zero-order chi connectivity index (χ0) is 22.9. The molecule has 1 aliphatic carbocycles. The van der Waals surface area contributed by atoms with Gasteiger partial charge in [0.1, 0.15) is 6.04 Å². The molecule has 0 spiro atoms. The molecule has 1 atom stereocenters. The maximum atomic E-state index is 12.9. The van der Waals surface area contributed by atoms with Crippen molar-refractivity contribution in [3.63, 3.8) is 0 Å². The fourth-order valence-electron chi connectivity index (χ4n) is 5.04. The van der Waals surface area contributed by atoms with E-state index in [0.29, 0.717) is 26.2 Å². The predicted octanol–water partition coefficient (Wildman–Crippen LogP) is 1.96. The molecule has 0 saturated carbocycles. The molecule has 1 aliphatic heterocycles. The number of hydrogen-bond donors (Lipinski definition) is 2. The number of nitrogens with zero attached hydrogens (tertiary/aromatic N) is 4. The van der Waals surface area contributed by atoms with Crippen LogP contribution < -0.4 is 9.46 Å². The average Bonchev–Trinajstić information content (AvgIpc) is 2.97. The summed E-state index contributed by atoms with van der Waals surface area (Å²) in [5.74, 6) is 0.0477. The molecule has 3 aromatic rings. The molecular weight excluding hydrogens is 440 g/mol. The molecular formula is C25H27ClN4O3+2. The summed E-state index contributed by atoms with van der Waals surface area (Å²) in [6.45, 7) is 2.61. The first-order chi connectivity index (χ1) is 16.0. The van der Waals surface area contributed by atoms with Gasteiger partial charge in [0.05, 0.1) is 6.42 Å². The first-order valence-corrected chi connectivity index (χ1v) is 11.6. The van der Waals surface area contributed by atoms with Crippen molar-refractivity contribution < 1.29 is 24.7 Å². The van der Waals surface area contributed by atoms with Gasteiger partial charge in [-0.05, 0) is 48.2 Å². The topological polar surface area (TPSA) is 71.8 Å². The maximum Gasteiger partial charge on any atom is 0.258 e. The summed E-state index contributed by atoms with van der Waals surface area (Å²) in [4.78, 5) is 17.1. The summed E-state index contributed by atoms with van der Waals surface area (Å²) in [7, 11) is 0. The minimum absolute atomic E-state index is 0.0477. The molecule has 1 fully saturated rings. The number of benzene rings is 1. The summed E-state index contributed by atoms with van der Waals surface area (Å²) in [5.41, 5.74) is 5.14. The van der Waals surface area contributed by atoms with Gasteiger partial charge in [0.25, 0.3) is 5.69 Å². The smallest absolute Gasteiger partial charge is 0.258 e. The number of fused-ring (bicyclic) bond motifs is 2. The highest BCUT2D eigenvalue weighted by Crippen LogP contribution is 2.36. The third-order valence-electron chi connectivity index (χ3n) is 6.66. The van der Waals surface area contributed by atoms with Crippen molar-refractivity contribution in [2.45, 2.75) is 25.3 Å².